The number of fused-ring (bicyclic) bond motifs is 1. The van der Waals surface area contributed by atoms with Crippen molar-refractivity contribution in [2.24, 2.45) is 0 Å². The summed E-state index contributed by atoms with van der Waals surface area (Å²) >= 11 is 0. The number of rotatable bonds is 7. The number of nitrogens with zero attached hydrogens (tertiary/aromatic N) is 4. The van der Waals surface area contributed by atoms with Gasteiger partial charge in [0.1, 0.15) is 0 Å². The number of likely N-dealkylation sites (N-methyl/N-ethyl adjacent to an activating group) is 1. The van der Waals surface area contributed by atoms with Crippen LogP contribution < -0.4 is 4.74 Å². The first-order chi connectivity index (χ1) is 15.4. The molecule has 1 saturated heterocycles. The van der Waals surface area contributed by atoms with Crippen molar-refractivity contribution >= 4 is 16.8 Å². The molecular weight excluding hydrogens is 404 g/mol. The predicted molar refractivity (Wildman–Crippen MR) is 125 cm³/mol. The quantitative estimate of drug-likeness (QED) is 0.569. The van der Waals surface area contributed by atoms with E-state index < -0.39 is 5.60 Å². The molecular formula is C25H32N4O3. The summed E-state index contributed by atoms with van der Waals surface area (Å²) in [6, 6.07) is 16.3. The minimum absolute atomic E-state index is 0.00981. The normalized spacial score (nSPS) is 15.3. The molecule has 7 nitrogen and oxygen atoms in total. The number of ether oxygens (including phenoxy) is 2. The molecule has 1 aromatic heterocycles. The lowest BCUT2D eigenvalue weighted by Gasteiger charge is -2.37. The molecule has 1 amide bonds. The second-order valence-corrected chi connectivity index (χ2v) is 8.94. The molecule has 0 atom stereocenters. The van der Waals surface area contributed by atoms with Crippen LogP contribution in [0.1, 0.15) is 25.0 Å². The number of piperazine rings is 1. The Kier molecular flexibility index (Phi) is 6.48. The van der Waals surface area contributed by atoms with Gasteiger partial charge in [-0.2, -0.15) is 0 Å². The zero-order valence-electron chi connectivity index (χ0n) is 19.4. The van der Waals surface area contributed by atoms with Crippen LogP contribution in [-0.4, -0.2) is 71.4 Å². The van der Waals surface area contributed by atoms with Crippen LogP contribution in [0.3, 0.4) is 0 Å². The average Bonchev–Trinajstić information content (AvgIpc) is 3.10. The molecule has 7 heteroatoms. The molecule has 0 aliphatic carbocycles. The van der Waals surface area contributed by atoms with Gasteiger partial charge in [0, 0.05) is 33.3 Å². The Labute approximate surface area is 189 Å². The Morgan fingerprint density at radius 2 is 1.75 bits per heavy atom. The van der Waals surface area contributed by atoms with Gasteiger partial charge >= 0.3 is 0 Å². The van der Waals surface area contributed by atoms with Crippen molar-refractivity contribution in [3.63, 3.8) is 0 Å². The Morgan fingerprint density at radius 3 is 2.44 bits per heavy atom. The monoisotopic (exact) mass is 436 g/mol. The summed E-state index contributed by atoms with van der Waals surface area (Å²) in [7, 11) is 3.75. The average molecular weight is 437 g/mol. The van der Waals surface area contributed by atoms with E-state index in [0.29, 0.717) is 32.1 Å². The number of aromatic nitrogens is 2. The third kappa shape index (κ3) is 4.79. The van der Waals surface area contributed by atoms with E-state index in [2.05, 4.69) is 24.1 Å². The van der Waals surface area contributed by atoms with Crippen LogP contribution in [0.4, 0.5) is 0 Å². The van der Waals surface area contributed by atoms with Crippen molar-refractivity contribution < 1.29 is 14.3 Å². The van der Waals surface area contributed by atoms with Gasteiger partial charge in [-0.1, -0.05) is 36.4 Å². The van der Waals surface area contributed by atoms with Crippen LogP contribution in [0.25, 0.3) is 10.9 Å². The minimum atomic E-state index is -1.02. The SMILES string of the molecule is COCc1ccc2c(c1)c(OC(C)(C)C(=O)N1CCN(C)CC1)nn2Cc1ccccc1. The molecule has 32 heavy (non-hydrogen) atoms. The zero-order chi connectivity index (χ0) is 22.7. The fourth-order valence-electron chi connectivity index (χ4n) is 4.08. The third-order valence-electron chi connectivity index (χ3n) is 5.92. The maximum atomic E-state index is 13.3. The predicted octanol–water partition coefficient (Wildman–Crippen LogP) is 3.16. The minimum Gasteiger partial charge on any atom is -0.460 e. The summed E-state index contributed by atoms with van der Waals surface area (Å²) in [5.41, 5.74) is 2.13. The number of hydrogen-bond donors (Lipinski definition) is 0. The number of methoxy groups -OCH3 is 1. The molecule has 3 aromatic rings. The van der Waals surface area contributed by atoms with Crippen LogP contribution in [0.2, 0.25) is 0 Å². The van der Waals surface area contributed by atoms with Crippen molar-refractivity contribution in [1.29, 1.82) is 0 Å². The molecule has 2 heterocycles. The van der Waals surface area contributed by atoms with Gasteiger partial charge in [0.2, 0.25) is 5.88 Å². The summed E-state index contributed by atoms with van der Waals surface area (Å²) in [5.74, 6) is 0.464. The van der Waals surface area contributed by atoms with Gasteiger partial charge in [-0.3, -0.25) is 9.48 Å². The topological polar surface area (TPSA) is 59.8 Å². The molecule has 170 valence electrons. The standard InChI is InChI=1S/C25H32N4O3/c1-25(2,24(30)28-14-12-27(3)13-15-28)32-23-21-16-20(18-31-4)10-11-22(21)29(26-23)17-19-8-6-5-7-9-19/h5-11,16H,12-15,17-18H2,1-4H3. The van der Waals surface area contributed by atoms with Gasteiger partial charge in [-0.05, 0) is 44.2 Å². The van der Waals surface area contributed by atoms with E-state index in [1.54, 1.807) is 7.11 Å². The first-order valence-electron chi connectivity index (χ1n) is 11.1. The summed E-state index contributed by atoms with van der Waals surface area (Å²) in [4.78, 5) is 17.4. The third-order valence-corrected chi connectivity index (χ3v) is 5.92. The smallest absolute Gasteiger partial charge is 0.266 e. The lowest BCUT2D eigenvalue weighted by atomic mass is 10.1. The lowest BCUT2D eigenvalue weighted by molar-refractivity contribution is -0.147. The number of carbonyl (C=O) groups is 1. The number of benzene rings is 2. The molecule has 1 aliphatic heterocycles. The molecule has 4 rings (SSSR count). The first kappa shape index (κ1) is 22.3. The number of amides is 1. The van der Waals surface area contributed by atoms with E-state index in [-0.39, 0.29) is 5.91 Å². The highest BCUT2D eigenvalue weighted by Gasteiger charge is 2.36. The van der Waals surface area contributed by atoms with E-state index in [1.807, 2.05) is 59.8 Å². The van der Waals surface area contributed by atoms with Crippen LogP contribution in [0.5, 0.6) is 5.88 Å². The molecule has 0 radical (unpaired) electrons. The largest absolute Gasteiger partial charge is 0.460 e. The number of hydrogen-bond acceptors (Lipinski definition) is 5. The molecule has 2 aromatic carbocycles. The van der Waals surface area contributed by atoms with E-state index in [4.69, 9.17) is 14.6 Å². The second kappa shape index (κ2) is 9.30. The first-order valence-corrected chi connectivity index (χ1v) is 11.1. The van der Waals surface area contributed by atoms with Crippen LogP contribution in [0, 0.1) is 0 Å². The van der Waals surface area contributed by atoms with Crippen molar-refractivity contribution in [3.05, 3.63) is 59.7 Å². The van der Waals surface area contributed by atoms with E-state index >= 15 is 0 Å². The second-order valence-electron chi connectivity index (χ2n) is 8.94. The van der Waals surface area contributed by atoms with Crippen LogP contribution in [-0.2, 0) is 22.7 Å². The fraction of sp³-hybridized carbons (Fsp3) is 0.440. The molecule has 1 fully saturated rings. The Bertz CT molecular complexity index is 1070. The summed E-state index contributed by atoms with van der Waals surface area (Å²) in [6.45, 7) is 7.95. The van der Waals surface area contributed by atoms with Gasteiger partial charge in [-0.15, -0.1) is 5.10 Å². The highest BCUT2D eigenvalue weighted by atomic mass is 16.5. The fourth-order valence-corrected chi connectivity index (χ4v) is 4.08. The van der Waals surface area contributed by atoms with Crippen molar-refractivity contribution in [1.82, 2.24) is 19.6 Å². The molecule has 0 unspecified atom stereocenters. The van der Waals surface area contributed by atoms with E-state index in [0.717, 1.165) is 35.1 Å². The number of carbonyl (C=O) groups excluding carboxylic acids is 1. The summed E-state index contributed by atoms with van der Waals surface area (Å²) in [5, 5.41) is 5.67. The maximum absolute atomic E-state index is 13.3. The highest BCUT2D eigenvalue weighted by molar-refractivity contribution is 5.88. The van der Waals surface area contributed by atoms with Crippen LogP contribution >= 0.6 is 0 Å². The van der Waals surface area contributed by atoms with Crippen molar-refractivity contribution in [2.75, 3.05) is 40.3 Å². The Balaban J connectivity index is 1.65. The van der Waals surface area contributed by atoms with Gasteiger partial charge in [0.15, 0.2) is 5.60 Å². The van der Waals surface area contributed by atoms with Crippen LogP contribution in [0.15, 0.2) is 48.5 Å². The zero-order valence-corrected chi connectivity index (χ0v) is 19.4. The van der Waals surface area contributed by atoms with E-state index in [1.165, 1.54) is 0 Å². The maximum Gasteiger partial charge on any atom is 0.266 e. The van der Waals surface area contributed by atoms with Gasteiger partial charge in [-0.25, -0.2) is 0 Å². The van der Waals surface area contributed by atoms with Gasteiger partial charge < -0.3 is 19.3 Å². The van der Waals surface area contributed by atoms with Gasteiger partial charge in [0.05, 0.1) is 24.1 Å². The Hall–Kier alpha value is -2.90. The molecule has 0 spiro atoms. The highest BCUT2D eigenvalue weighted by Crippen LogP contribution is 2.30. The molecule has 0 bridgehead atoms. The van der Waals surface area contributed by atoms with Crippen molar-refractivity contribution in [2.45, 2.75) is 32.6 Å². The molecule has 1 aliphatic rings. The Morgan fingerprint density at radius 1 is 1.03 bits per heavy atom. The van der Waals surface area contributed by atoms with E-state index in [9.17, 15) is 4.79 Å². The van der Waals surface area contributed by atoms with Gasteiger partial charge in [0.25, 0.3) is 5.91 Å². The lowest BCUT2D eigenvalue weighted by Crippen LogP contribution is -2.55. The summed E-state index contributed by atoms with van der Waals surface area (Å²) < 4.78 is 13.6. The molecule has 0 saturated carbocycles. The summed E-state index contributed by atoms with van der Waals surface area (Å²) in [6.07, 6.45) is 0. The van der Waals surface area contributed by atoms with Crippen molar-refractivity contribution in [3.8, 4) is 5.88 Å². The molecule has 0 N–H and O–H groups in total.